The molecule has 0 spiro atoms. The zero-order valence-corrected chi connectivity index (χ0v) is 9.80. The predicted molar refractivity (Wildman–Crippen MR) is 6.06 cm³/mol. The Morgan fingerprint density at radius 3 is 0.667 bits per heavy atom. The fourth-order valence-electron chi connectivity index (χ4n) is 0. The van der Waals surface area contributed by atoms with Crippen molar-refractivity contribution in [3.8, 4) is 0 Å². The second kappa shape index (κ2) is 46.1. The molecular formula is CHV5-. The standard InChI is InChI=1S/CH.5V/h1H;;;;;/q-1;;;;;. The molecule has 0 aromatic rings. The van der Waals surface area contributed by atoms with Crippen LogP contribution in [0.2, 0.25) is 0 Å². The monoisotopic (exact) mass is 268 g/mol. The first kappa shape index (κ1) is 15.9. The van der Waals surface area contributed by atoms with Gasteiger partial charge in [-0.05, 0) is 0 Å². The van der Waals surface area contributed by atoms with Gasteiger partial charge in [0, 0.05) is 0 Å². The van der Waals surface area contributed by atoms with Crippen LogP contribution in [0.5, 0.6) is 0 Å². The summed E-state index contributed by atoms with van der Waals surface area (Å²) >= 11 is 10.8. The maximum absolute atomic E-state index is 4.44. The van der Waals surface area contributed by atoms with Crippen molar-refractivity contribution in [2.45, 2.75) is 0 Å². The van der Waals surface area contributed by atoms with Crippen LogP contribution in [0.25, 0.3) is 0 Å². The fourth-order valence-corrected chi connectivity index (χ4v) is 0. The van der Waals surface area contributed by atoms with Crippen molar-refractivity contribution in [1.82, 2.24) is 0 Å². The fraction of sp³-hybridized carbons (Fsp3) is 0. The molecule has 0 nitrogen and oxygen atoms in total. The Labute approximate surface area is 79.3 Å². The molecule has 0 bridgehead atoms. The van der Waals surface area contributed by atoms with Crippen molar-refractivity contribution in [2.75, 3.05) is 0 Å². The normalized spacial score (nSPS) is 1.17. The molecule has 0 heterocycles. The van der Waals surface area contributed by atoms with Crippen LogP contribution in [0.1, 0.15) is 0 Å². The third-order valence-corrected chi connectivity index (χ3v) is 0. The van der Waals surface area contributed by atoms with Gasteiger partial charge in [0.1, 0.15) is 0 Å². The Hall–Kier alpha value is 2.79. The molecule has 0 aromatic heterocycles. The molecule has 0 aliphatic heterocycles. The molecule has 0 aromatic carbocycles. The first-order valence-corrected chi connectivity index (χ1v) is 7.86. The molecule has 6 heavy (non-hydrogen) atoms. The van der Waals surface area contributed by atoms with E-state index in [2.05, 4.69) is 63.8 Å². The molecule has 0 N–H and O–H groups in total. The Kier molecular flexibility index (Phi) is 122. The topological polar surface area (TPSA) is 0 Å². The molecule has 0 aliphatic rings. The molecule has 0 atom stereocenters. The molecule has 0 aliphatic carbocycles. The van der Waals surface area contributed by atoms with E-state index in [1.54, 1.807) is 0 Å². The number of rotatable bonds is 0. The predicted octanol–water partition coefficient (Wildman–Crippen LogP) is -0.168. The van der Waals surface area contributed by atoms with E-state index in [1.807, 2.05) is 17.0 Å². The molecule has 0 saturated carbocycles. The molecule has 5 heteroatoms. The van der Waals surface area contributed by atoms with Crippen LogP contribution in [0.3, 0.4) is 0 Å². The van der Waals surface area contributed by atoms with Gasteiger partial charge in [-0.25, -0.2) is 0 Å². The van der Waals surface area contributed by atoms with Crippen molar-refractivity contribution in [3.63, 3.8) is 0 Å². The SMILES string of the molecule is [CH-]=[V].[V]=[V].[V]=[V]. The number of hydrogen-bond acceptors (Lipinski definition) is 0. The molecule has 31 valence electrons. The van der Waals surface area contributed by atoms with Crippen LogP contribution in [-0.4, -0.2) is 5.23 Å². The summed E-state index contributed by atoms with van der Waals surface area (Å²) in [5.41, 5.74) is 0. The average molecular weight is 268 g/mol. The van der Waals surface area contributed by atoms with E-state index in [0.29, 0.717) is 0 Å². The summed E-state index contributed by atoms with van der Waals surface area (Å²) in [7, 11) is 0. The van der Waals surface area contributed by atoms with E-state index in [1.165, 1.54) is 0 Å². The van der Waals surface area contributed by atoms with Gasteiger partial charge in [-0.3, -0.25) is 0 Å². The molecule has 0 radical (unpaired) electrons. The van der Waals surface area contributed by atoms with Crippen LogP contribution >= 0.6 is 0 Å². The Balaban J connectivity index is -0.0000000225. The molecule has 0 rings (SSSR count). The second-order valence-corrected chi connectivity index (χ2v) is 0. The van der Waals surface area contributed by atoms with Gasteiger partial charge in [0.15, 0.2) is 0 Å². The van der Waals surface area contributed by atoms with E-state index >= 15 is 0 Å². The summed E-state index contributed by atoms with van der Waals surface area (Å²) in [6.07, 6.45) is 0. The van der Waals surface area contributed by atoms with Crippen LogP contribution in [-0.2, 0) is 75.5 Å². The second-order valence-electron chi connectivity index (χ2n) is 0. The van der Waals surface area contributed by atoms with Gasteiger partial charge in [0.2, 0.25) is 0 Å². The van der Waals surface area contributed by atoms with E-state index < -0.39 is 0 Å². The minimum absolute atomic E-state index is 1.81. The summed E-state index contributed by atoms with van der Waals surface area (Å²) in [6, 6.07) is 0. The molecular weight excluding hydrogens is 267 g/mol. The van der Waals surface area contributed by atoms with E-state index in [4.69, 9.17) is 0 Å². The van der Waals surface area contributed by atoms with Gasteiger partial charge < -0.3 is 0 Å². The third kappa shape index (κ3) is 29.2. The zero-order valence-electron chi connectivity index (χ0n) is 2.81. The van der Waals surface area contributed by atoms with Crippen molar-refractivity contribution >= 4 is 5.23 Å². The van der Waals surface area contributed by atoms with E-state index in [0.717, 1.165) is 0 Å². The summed E-state index contributed by atoms with van der Waals surface area (Å²) in [5, 5.41) is 4.44. The van der Waals surface area contributed by atoms with Gasteiger partial charge in [-0.1, -0.05) is 0 Å². The van der Waals surface area contributed by atoms with E-state index in [-0.39, 0.29) is 0 Å². The first-order chi connectivity index (χ1) is 3.00. The maximum atomic E-state index is 4.44. The Morgan fingerprint density at radius 1 is 0.667 bits per heavy atom. The number of hydrogen-bond donors (Lipinski definition) is 0. The van der Waals surface area contributed by atoms with Crippen molar-refractivity contribution in [1.29, 1.82) is 0 Å². The van der Waals surface area contributed by atoms with Crippen LogP contribution in [0.4, 0.5) is 0 Å². The summed E-state index contributed by atoms with van der Waals surface area (Å²) in [5.74, 6) is 0. The zero-order chi connectivity index (χ0) is 6.00. The van der Waals surface area contributed by atoms with Crippen molar-refractivity contribution < 1.29 is 75.5 Å². The van der Waals surface area contributed by atoms with Crippen molar-refractivity contribution in [2.24, 2.45) is 0 Å². The summed E-state index contributed by atoms with van der Waals surface area (Å²) in [4.78, 5) is 0. The Morgan fingerprint density at radius 2 is 0.667 bits per heavy atom. The van der Waals surface area contributed by atoms with Gasteiger partial charge in [-0.15, -0.1) is 0 Å². The van der Waals surface area contributed by atoms with Crippen LogP contribution in [0, 0.1) is 0 Å². The minimum atomic E-state index is 1.81. The average Bonchev–Trinajstić information content (AvgIpc) is 1.81. The molecule has 0 amide bonds. The van der Waals surface area contributed by atoms with Gasteiger partial charge in [-0.2, -0.15) is 0 Å². The van der Waals surface area contributed by atoms with Gasteiger partial charge in [0.05, 0.1) is 0 Å². The van der Waals surface area contributed by atoms with Crippen LogP contribution in [0.15, 0.2) is 0 Å². The van der Waals surface area contributed by atoms with E-state index in [9.17, 15) is 0 Å². The van der Waals surface area contributed by atoms with Crippen molar-refractivity contribution in [3.05, 3.63) is 0 Å². The molecule has 0 fully saturated rings. The van der Waals surface area contributed by atoms with Gasteiger partial charge in [0.25, 0.3) is 0 Å². The first-order valence-electron chi connectivity index (χ1n) is 0.658. The Bertz CT molecular complexity index is 8.66. The third-order valence-electron chi connectivity index (χ3n) is 0. The summed E-state index contributed by atoms with van der Waals surface area (Å²) in [6.45, 7) is 0. The van der Waals surface area contributed by atoms with Gasteiger partial charge >= 0.3 is 80.7 Å². The summed E-state index contributed by atoms with van der Waals surface area (Å²) < 4.78 is 0. The quantitative estimate of drug-likeness (QED) is 0.535. The molecule has 0 unspecified atom stereocenters. The van der Waals surface area contributed by atoms with Crippen LogP contribution < -0.4 is 0 Å². The molecule has 0 saturated heterocycles.